The van der Waals surface area contributed by atoms with Gasteiger partial charge in [0.2, 0.25) is 0 Å². The topological polar surface area (TPSA) is 29.3 Å². The van der Waals surface area contributed by atoms with Crippen molar-refractivity contribution >= 4 is 0 Å². The summed E-state index contributed by atoms with van der Waals surface area (Å²) in [6.45, 7) is 3.58. The average molecular weight is 168 g/mol. The van der Waals surface area contributed by atoms with Gasteiger partial charge < -0.3 is 5.73 Å². The van der Waals surface area contributed by atoms with Gasteiger partial charge in [0.25, 0.3) is 0 Å². The molecule has 2 nitrogen and oxygen atoms in total. The van der Waals surface area contributed by atoms with E-state index in [1.54, 1.807) is 0 Å². The Labute approximate surface area is 75.1 Å². The van der Waals surface area contributed by atoms with E-state index in [1.165, 1.54) is 38.6 Å². The highest BCUT2D eigenvalue weighted by Crippen LogP contribution is 2.29. The summed E-state index contributed by atoms with van der Waals surface area (Å²) >= 11 is 0. The smallest absolute Gasteiger partial charge is 0.0221 e. The fourth-order valence-corrected chi connectivity index (χ4v) is 2.43. The Bertz CT molecular complexity index is 154. The predicted octanol–water partition coefficient (Wildman–Crippen LogP) is 1.35. The van der Waals surface area contributed by atoms with Crippen molar-refractivity contribution < 1.29 is 0 Å². The summed E-state index contributed by atoms with van der Waals surface area (Å²) in [5.74, 6) is 0. The van der Waals surface area contributed by atoms with Crippen molar-refractivity contribution in [2.45, 2.75) is 57.2 Å². The van der Waals surface area contributed by atoms with Gasteiger partial charge in [-0.15, -0.1) is 0 Å². The molecule has 2 aliphatic rings. The second-order valence-electron chi connectivity index (χ2n) is 4.37. The van der Waals surface area contributed by atoms with Gasteiger partial charge in [0.15, 0.2) is 0 Å². The van der Waals surface area contributed by atoms with Crippen LogP contribution in [0.2, 0.25) is 0 Å². The molecule has 0 aromatic rings. The first-order chi connectivity index (χ1) is 5.79. The standard InChI is InChI=1S/C10H20N2/c1-8-10(11)6-3-7-12(8)9-4-2-5-9/h8-10H,2-7,11H2,1H3/t8-,10-/m1/s1. The average Bonchev–Trinajstić information content (AvgIpc) is 1.95. The van der Waals surface area contributed by atoms with Crippen molar-refractivity contribution in [3.05, 3.63) is 0 Å². The van der Waals surface area contributed by atoms with E-state index in [2.05, 4.69) is 11.8 Å². The lowest BCUT2D eigenvalue weighted by molar-refractivity contribution is 0.0492. The maximum atomic E-state index is 6.04. The van der Waals surface area contributed by atoms with Crippen molar-refractivity contribution in [2.24, 2.45) is 5.73 Å². The molecule has 0 unspecified atom stereocenters. The van der Waals surface area contributed by atoms with E-state index in [1.807, 2.05) is 0 Å². The molecule has 0 spiro atoms. The predicted molar refractivity (Wildman–Crippen MR) is 51.0 cm³/mol. The molecule has 1 aliphatic carbocycles. The highest BCUT2D eigenvalue weighted by molar-refractivity contribution is 4.90. The Balaban J connectivity index is 1.93. The zero-order valence-electron chi connectivity index (χ0n) is 8.00. The minimum absolute atomic E-state index is 0.430. The van der Waals surface area contributed by atoms with E-state index in [9.17, 15) is 0 Å². The first-order valence-corrected chi connectivity index (χ1v) is 5.30. The van der Waals surface area contributed by atoms with E-state index >= 15 is 0 Å². The van der Waals surface area contributed by atoms with Crippen molar-refractivity contribution in [1.29, 1.82) is 0 Å². The first-order valence-electron chi connectivity index (χ1n) is 5.30. The molecule has 1 aliphatic heterocycles. The third-order valence-corrected chi connectivity index (χ3v) is 3.64. The molecule has 0 bridgehead atoms. The molecule has 1 heterocycles. The van der Waals surface area contributed by atoms with Crippen LogP contribution in [0.4, 0.5) is 0 Å². The maximum Gasteiger partial charge on any atom is 0.0221 e. The minimum atomic E-state index is 0.430. The Kier molecular flexibility index (Phi) is 2.37. The van der Waals surface area contributed by atoms with Crippen LogP contribution in [0.1, 0.15) is 39.0 Å². The van der Waals surface area contributed by atoms with Gasteiger partial charge in [0, 0.05) is 18.1 Å². The number of piperidine rings is 1. The molecular weight excluding hydrogens is 148 g/mol. The van der Waals surface area contributed by atoms with E-state index in [4.69, 9.17) is 5.73 Å². The van der Waals surface area contributed by atoms with Gasteiger partial charge in [-0.2, -0.15) is 0 Å². The van der Waals surface area contributed by atoms with Gasteiger partial charge in [-0.1, -0.05) is 6.42 Å². The van der Waals surface area contributed by atoms with E-state index < -0.39 is 0 Å². The number of nitrogens with zero attached hydrogens (tertiary/aromatic N) is 1. The lowest BCUT2D eigenvalue weighted by Gasteiger charge is -2.46. The summed E-state index contributed by atoms with van der Waals surface area (Å²) in [4.78, 5) is 2.64. The summed E-state index contributed by atoms with van der Waals surface area (Å²) in [6.07, 6.45) is 6.80. The number of hydrogen-bond acceptors (Lipinski definition) is 2. The fourth-order valence-electron chi connectivity index (χ4n) is 2.43. The molecule has 1 saturated carbocycles. The quantitative estimate of drug-likeness (QED) is 0.640. The summed E-state index contributed by atoms with van der Waals surface area (Å²) in [6, 6.07) is 1.94. The first kappa shape index (κ1) is 8.52. The normalized spacial score (nSPS) is 39.5. The molecule has 2 rings (SSSR count). The highest BCUT2D eigenvalue weighted by atomic mass is 15.2. The Morgan fingerprint density at radius 3 is 2.50 bits per heavy atom. The molecule has 12 heavy (non-hydrogen) atoms. The number of rotatable bonds is 1. The second-order valence-corrected chi connectivity index (χ2v) is 4.37. The summed E-state index contributed by atoms with van der Waals surface area (Å²) in [5, 5.41) is 0. The van der Waals surface area contributed by atoms with Crippen molar-refractivity contribution in [3.63, 3.8) is 0 Å². The van der Waals surface area contributed by atoms with Gasteiger partial charge in [-0.05, 0) is 39.2 Å². The molecular formula is C10H20N2. The molecule has 0 amide bonds. The van der Waals surface area contributed by atoms with Crippen LogP contribution in [0.5, 0.6) is 0 Å². The van der Waals surface area contributed by atoms with Crippen molar-refractivity contribution in [1.82, 2.24) is 4.90 Å². The zero-order chi connectivity index (χ0) is 8.55. The van der Waals surface area contributed by atoms with Gasteiger partial charge >= 0.3 is 0 Å². The molecule has 2 N–H and O–H groups in total. The Morgan fingerprint density at radius 2 is 1.92 bits per heavy atom. The number of hydrogen-bond donors (Lipinski definition) is 1. The van der Waals surface area contributed by atoms with Crippen molar-refractivity contribution in [3.8, 4) is 0 Å². The molecule has 0 aromatic heterocycles. The lowest BCUT2D eigenvalue weighted by atomic mass is 9.87. The van der Waals surface area contributed by atoms with Gasteiger partial charge in [0.05, 0.1) is 0 Å². The van der Waals surface area contributed by atoms with Crippen LogP contribution in [-0.4, -0.2) is 29.6 Å². The van der Waals surface area contributed by atoms with Crippen LogP contribution in [0.25, 0.3) is 0 Å². The number of likely N-dealkylation sites (tertiary alicyclic amines) is 1. The van der Waals surface area contributed by atoms with Crippen molar-refractivity contribution in [2.75, 3.05) is 6.54 Å². The van der Waals surface area contributed by atoms with Crippen LogP contribution in [-0.2, 0) is 0 Å². The largest absolute Gasteiger partial charge is 0.326 e. The second kappa shape index (κ2) is 3.35. The molecule has 1 saturated heterocycles. The number of nitrogens with two attached hydrogens (primary N) is 1. The zero-order valence-corrected chi connectivity index (χ0v) is 8.00. The van der Waals surface area contributed by atoms with E-state index in [-0.39, 0.29) is 0 Å². The lowest BCUT2D eigenvalue weighted by Crippen LogP contribution is -2.55. The van der Waals surface area contributed by atoms with Gasteiger partial charge in [-0.3, -0.25) is 4.90 Å². The maximum absolute atomic E-state index is 6.04. The van der Waals surface area contributed by atoms with E-state index in [0.29, 0.717) is 12.1 Å². The third-order valence-electron chi connectivity index (χ3n) is 3.64. The van der Waals surface area contributed by atoms with Crippen LogP contribution in [0.3, 0.4) is 0 Å². The minimum Gasteiger partial charge on any atom is -0.326 e. The molecule has 2 heteroatoms. The Morgan fingerprint density at radius 1 is 1.17 bits per heavy atom. The summed E-state index contributed by atoms with van der Waals surface area (Å²) in [5.41, 5.74) is 6.04. The summed E-state index contributed by atoms with van der Waals surface area (Å²) < 4.78 is 0. The third kappa shape index (κ3) is 1.38. The van der Waals surface area contributed by atoms with Gasteiger partial charge in [-0.25, -0.2) is 0 Å². The highest BCUT2D eigenvalue weighted by Gasteiger charge is 2.33. The summed E-state index contributed by atoms with van der Waals surface area (Å²) in [7, 11) is 0. The molecule has 2 fully saturated rings. The monoisotopic (exact) mass is 168 g/mol. The van der Waals surface area contributed by atoms with Crippen LogP contribution in [0, 0.1) is 0 Å². The SMILES string of the molecule is C[C@@H]1[C@H](N)CCCN1C1CCC1. The molecule has 2 atom stereocenters. The Hall–Kier alpha value is -0.0800. The molecule has 70 valence electrons. The fraction of sp³-hybridized carbons (Fsp3) is 1.00. The van der Waals surface area contributed by atoms with Crippen LogP contribution < -0.4 is 5.73 Å². The van der Waals surface area contributed by atoms with Crippen LogP contribution in [0.15, 0.2) is 0 Å². The van der Waals surface area contributed by atoms with E-state index in [0.717, 1.165) is 6.04 Å². The van der Waals surface area contributed by atoms with Gasteiger partial charge in [0.1, 0.15) is 0 Å². The van der Waals surface area contributed by atoms with Crippen LogP contribution >= 0.6 is 0 Å². The molecule has 0 radical (unpaired) electrons. The molecule has 0 aromatic carbocycles.